The van der Waals surface area contributed by atoms with Crippen molar-refractivity contribution in [1.82, 2.24) is 9.80 Å². The SMILES string of the molecule is CCN1C[C@H](O)[C@@H](N(C(=O)c2ccc(Cl)cc2)C2CCCCC2)C1. The molecule has 0 bridgehead atoms. The summed E-state index contributed by atoms with van der Waals surface area (Å²) in [4.78, 5) is 17.4. The molecule has 2 atom stereocenters. The van der Waals surface area contributed by atoms with Crippen molar-refractivity contribution in [2.24, 2.45) is 0 Å². The summed E-state index contributed by atoms with van der Waals surface area (Å²) >= 11 is 5.96. The second-order valence-corrected chi connectivity index (χ2v) is 7.43. The fraction of sp³-hybridized carbons (Fsp3) is 0.632. The van der Waals surface area contributed by atoms with E-state index in [1.54, 1.807) is 24.3 Å². The van der Waals surface area contributed by atoms with Gasteiger partial charge in [-0.05, 0) is 43.7 Å². The number of halogens is 1. The highest BCUT2D eigenvalue weighted by Gasteiger charge is 2.40. The zero-order valence-electron chi connectivity index (χ0n) is 14.3. The Kier molecular flexibility index (Phi) is 5.80. The summed E-state index contributed by atoms with van der Waals surface area (Å²) in [6.45, 7) is 4.41. The van der Waals surface area contributed by atoms with Crippen LogP contribution < -0.4 is 0 Å². The zero-order valence-corrected chi connectivity index (χ0v) is 15.1. The standard InChI is InChI=1S/C19H27ClN2O2/c1-2-21-12-17(18(23)13-21)22(16-6-4-3-5-7-16)19(24)14-8-10-15(20)11-9-14/h8-11,16-18,23H,2-7,12-13H2,1H3/t17-,18-/m0/s1. The number of rotatable bonds is 4. The minimum absolute atomic E-state index is 0.0283. The molecule has 1 amide bonds. The third-order valence-electron chi connectivity index (χ3n) is 5.43. The van der Waals surface area contributed by atoms with Crippen LogP contribution in [0.5, 0.6) is 0 Å². The maximum absolute atomic E-state index is 13.2. The van der Waals surface area contributed by atoms with Crippen LogP contribution in [0.3, 0.4) is 0 Å². The molecule has 1 heterocycles. The number of likely N-dealkylation sites (tertiary alicyclic amines) is 1. The van der Waals surface area contributed by atoms with Gasteiger partial charge in [0.25, 0.3) is 5.91 Å². The molecular formula is C19H27ClN2O2. The van der Waals surface area contributed by atoms with E-state index in [4.69, 9.17) is 11.6 Å². The molecule has 1 aromatic rings. The Morgan fingerprint density at radius 2 is 1.88 bits per heavy atom. The molecule has 0 aromatic heterocycles. The van der Waals surface area contributed by atoms with Crippen molar-refractivity contribution in [1.29, 1.82) is 0 Å². The van der Waals surface area contributed by atoms with Crippen molar-refractivity contribution in [2.45, 2.75) is 57.2 Å². The Morgan fingerprint density at radius 3 is 2.46 bits per heavy atom. The highest BCUT2D eigenvalue weighted by atomic mass is 35.5. The van der Waals surface area contributed by atoms with Crippen LogP contribution in [0, 0.1) is 0 Å². The summed E-state index contributed by atoms with van der Waals surface area (Å²) < 4.78 is 0. The van der Waals surface area contributed by atoms with Crippen molar-refractivity contribution in [3.63, 3.8) is 0 Å². The lowest BCUT2D eigenvalue weighted by Gasteiger charge is -2.39. The van der Waals surface area contributed by atoms with Gasteiger partial charge in [-0.2, -0.15) is 0 Å². The number of amides is 1. The number of likely N-dealkylation sites (N-methyl/N-ethyl adjacent to an activating group) is 1. The molecule has 1 aromatic carbocycles. The van der Waals surface area contributed by atoms with Crippen LogP contribution in [0.25, 0.3) is 0 Å². The van der Waals surface area contributed by atoms with Crippen molar-refractivity contribution in [3.8, 4) is 0 Å². The fourth-order valence-electron chi connectivity index (χ4n) is 4.07. The predicted octanol–water partition coefficient (Wildman–Crippen LogP) is 3.18. The number of carbonyl (C=O) groups is 1. The second kappa shape index (κ2) is 7.85. The van der Waals surface area contributed by atoms with Gasteiger partial charge in [-0.3, -0.25) is 9.69 Å². The lowest BCUT2D eigenvalue weighted by atomic mass is 9.92. The van der Waals surface area contributed by atoms with E-state index in [0.717, 1.165) is 38.8 Å². The lowest BCUT2D eigenvalue weighted by molar-refractivity contribution is 0.0295. The molecule has 2 fully saturated rings. The summed E-state index contributed by atoms with van der Waals surface area (Å²) in [5, 5.41) is 11.2. The largest absolute Gasteiger partial charge is 0.390 e. The van der Waals surface area contributed by atoms with Gasteiger partial charge in [0.05, 0.1) is 12.1 Å². The van der Waals surface area contributed by atoms with Gasteiger partial charge in [-0.15, -0.1) is 0 Å². The minimum Gasteiger partial charge on any atom is -0.390 e. The fourth-order valence-corrected chi connectivity index (χ4v) is 4.19. The quantitative estimate of drug-likeness (QED) is 0.907. The number of benzene rings is 1. The number of nitrogens with zero attached hydrogens (tertiary/aromatic N) is 2. The first-order chi connectivity index (χ1) is 11.6. The summed E-state index contributed by atoms with van der Waals surface area (Å²) in [6, 6.07) is 7.22. The number of hydrogen-bond donors (Lipinski definition) is 1. The molecule has 4 nitrogen and oxygen atoms in total. The van der Waals surface area contributed by atoms with Gasteiger partial charge >= 0.3 is 0 Å². The molecule has 1 aliphatic carbocycles. The Morgan fingerprint density at radius 1 is 1.21 bits per heavy atom. The van der Waals surface area contributed by atoms with Crippen LogP contribution in [0.2, 0.25) is 5.02 Å². The lowest BCUT2D eigenvalue weighted by Crippen LogP contribution is -2.52. The van der Waals surface area contributed by atoms with Crippen molar-refractivity contribution >= 4 is 17.5 Å². The normalized spacial score (nSPS) is 25.8. The Balaban J connectivity index is 1.86. The van der Waals surface area contributed by atoms with E-state index in [2.05, 4.69) is 11.8 Å². The molecule has 0 unspecified atom stereocenters. The minimum atomic E-state index is -0.469. The molecular weight excluding hydrogens is 324 g/mol. The summed E-state index contributed by atoms with van der Waals surface area (Å²) in [5.41, 5.74) is 0.659. The first-order valence-corrected chi connectivity index (χ1v) is 9.46. The van der Waals surface area contributed by atoms with Gasteiger partial charge in [0.1, 0.15) is 0 Å². The number of carbonyl (C=O) groups excluding carboxylic acids is 1. The van der Waals surface area contributed by atoms with Crippen molar-refractivity contribution in [3.05, 3.63) is 34.9 Å². The molecule has 24 heavy (non-hydrogen) atoms. The molecule has 1 N–H and O–H groups in total. The van der Waals surface area contributed by atoms with E-state index < -0.39 is 6.10 Å². The van der Waals surface area contributed by atoms with Gasteiger partial charge in [0.15, 0.2) is 0 Å². The molecule has 1 saturated carbocycles. The van der Waals surface area contributed by atoms with Crippen LogP contribution in [0.4, 0.5) is 0 Å². The van der Waals surface area contributed by atoms with Crippen LogP contribution in [0.1, 0.15) is 49.4 Å². The number of hydrogen-bond acceptors (Lipinski definition) is 3. The predicted molar refractivity (Wildman–Crippen MR) is 96.4 cm³/mol. The van der Waals surface area contributed by atoms with Crippen LogP contribution in [-0.4, -0.2) is 58.6 Å². The van der Waals surface area contributed by atoms with E-state index in [0.29, 0.717) is 17.1 Å². The Hall–Kier alpha value is -1.10. The number of β-amino-alcohol motifs (C(OH)–C–C–N with tert-alkyl or cyclic N) is 1. The molecule has 1 aliphatic heterocycles. The van der Waals surface area contributed by atoms with E-state index in [1.165, 1.54) is 6.42 Å². The zero-order chi connectivity index (χ0) is 17.1. The van der Waals surface area contributed by atoms with Gasteiger partial charge in [0, 0.05) is 29.7 Å². The second-order valence-electron chi connectivity index (χ2n) is 7.00. The first-order valence-electron chi connectivity index (χ1n) is 9.08. The third kappa shape index (κ3) is 3.76. The molecule has 1 saturated heterocycles. The van der Waals surface area contributed by atoms with E-state index in [1.807, 2.05) is 4.90 Å². The topological polar surface area (TPSA) is 43.8 Å². The smallest absolute Gasteiger partial charge is 0.254 e. The van der Waals surface area contributed by atoms with Crippen LogP contribution >= 0.6 is 11.6 Å². The van der Waals surface area contributed by atoms with E-state index >= 15 is 0 Å². The van der Waals surface area contributed by atoms with Crippen molar-refractivity contribution < 1.29 is 9.90 Å². The summed E-state index contributed by atoms with van der Waals surface area (Å²) in [6.07, 6.45) is 5.17. The molecule has 0 radical (unpaired) electrons. The highest BCUT2D eigenvalue weighted by molar-refractivity contribution is 6.30. The van der Waals surface area contributed by atoms with E-state index in [-0.39, 0.29) is 18.0 Å². The monoisotopic (exact) mass is 350 g/mol. The average Bonchev–Trinajstić information content (AvgIpc) is 2.97. The maximum Gasteiger partial charge on any atom is 0.254 e. The maximum atomic E-state index is 13.2. The van der Waals surface area contributed by atoms with Crippen molar-refractivity contribution in [2.75, 3.05) is 19.6 Å². The number of aliphatic hydroxyl groups is 1. The average molecular weight is 351 g/mol. The summed E-state index contributed by atoms with van der Waals surface area (Å²) in [5.74, 6) is 0.0283. The van der Waals surface area contributed by atoms with Gasteiger partial charge in [-0.25, -0.2) is 0 Å². The molecule has 3 rings (SSSR count). The third-order valence-corrected chi connectivity index (χ3v) is 5.68. The Labute approximate surface area is 149 Å². The highest BCUT2D eigenvalue weighted by Crippen LogP contribution is 2.29. The van der Waals surface area contributed by atoms with Crippen LogP contribution in [-0.2, 0) is 0 Å². The molecule has 2 aliphatic rings. The molecule has 5 heteroatoms. The van der Waals surface area contributed by atoms with Gasteiger partial charge in [-0.1, -0.05) is 37.8 Å². The van der Waals surface area contributed by atoms with Gasteiger partial charge < -0.3 is 10.0 Å². The molecule has 132 valence electrons. The summed E-state index contributed by atoms with van der Waals surface area (Å²) in [7, 11) is 0. The van der Waals surface area contributed by atoms with Gasteiger partial charge in [0.2, 0.25) is 0 Å². The first kappa shape index (κ1) is 17.7. The molecule has 0 spiro atoms. The Bertz CT molecular complexity index is 557. The van der Waals surface area contributed by atoms with Crippen LogP contribution in [0.15, 0.2) is 24.3 Å². The number of aliphatic hydroxyl groups excluding tert-OH is 1. The van der Waals surface area contributed by atoms with E-state index in [9.17, 15) is 9.90 Å².